The molecule has 0 bridgehead atoms. The molecule has 2 atom stereocenters. The highest BCUT2D eigenvalue weighted by molar-refractivity contribution is 5.83. The smallest absolute Gasteiger partial charge is 0.290 e. The lowest BCUT2D eigenvalue weighted by molar-refractivity contribution is -0.135. The molecular formula is C20H28N6O5. The maximum absolute atomic E-state index is 12.7. The van der Waals surface area contributed by atoms with Gasteiger partial charge in [0.15, 0.2) is 0 Å². The molecule has 1 aromatic carbocycles. The van der Waals surface area contributed by atoms with E-state index in [9.17, 15) is 14.4 Å². The molecule has 1 aromatic heterocycles. The summed E-state index contributed by atoms with van der Waals surface area (Å²) < 4.78 is 0. The average Bonchev–Trinajstić information content (AvgIpc) is 3.15. The van der Waals surface area contributed by atoms with E-state index in [0.717, 1.165) is 17.5 Å². The number of carboxylic acid groups (broad SMARTS) is 1. The van der Waals surface area contributed by atoms with Gasteiger partial charge in [-0.1, -0.05) is 19.1 Å². The summed E-state index contributed by atoms with van der Waals surface area (Å²) in [4.78, 5) is 47.3. The van der Waals surface area contributed by atoms with E-state index in [4.69, 9.17) is 9.90 Å². The Balaban J connectivity index is 0.00000107. The monoisotopic (exact) mass is 432 g/mol. The zero-order chi connectivity index (χ0) is 22.8. The third-order valence-corrected chi connectivity index (χ3v) is 5.06. The topological polar surface area (TPSA) is 147 Å². The van der Waals surface area contributed by atoms with Crippen molar-refractivity contribution in [1.82, 2.24) is 30.5 Å². The second kappa shape index (κ2) is 11.6. The number of carbonyl (C=O) groups excluding carboxylic acids is 3. The zero-order valence-corrected chi connectivity index (χ0v) is 17.7. The van der Waals surface area contributed by atoms with Crippen molar-refractivity contribution < 1.29 is 24.3 Å². The highest BCUT2D eigenvalue weighted by atomic mass is 16.3. The molecule has 3 N–H and O–H groups in total. The van der Waals surface area contributed by atoms with Crippen molar-refractivity contribution in [2.24, 2.45) is 5.92 Å². The molecule has 2 heterocycles. The molecule has 1 fully saturated rings. The lowest BCUT2D eigenvalue weighted by Crippen LogP contribution is -2.54. The maximum atomic E-state index is 12.7. The normalized spacial score (nSPS) is 17.9. The lowest BCUT2D eigenvalue weighted by Gasteiger charge is -2.38. The fourth-order valence-corrected chi connectivity index (χ4v) is 3.52. The van der Waals surface area contributed by atoms with Gasteiger partial charge in [0, 0.05) is 26.1 Å². The summed E-state index contributed by atoms with van der Waals surface area (Å²) in [5.74, 6) is -0.293. The molecule has 11 nitrogen and oxygen atoms in total. The Bertz CT molecular complexity index is 881. The van der Waals surface area contributed by atoms with Gasteiger partial charge in [0.1, 0.15) is 17.6 Å². The van der Waals surface area contributed by atoms with Gasteiger partial charge < -0.3 is 20.6 Å². The van der Waals surface area contributed by atoms with Crippen LogP contribution in [0.25, 0.3) is 11.0 Å². The summed E-state index contributed by atoms with van der Waals surface area (Å²) >= 11 is 0. The molecular weight excluding hydrogens is 404 g/mol. The molecule has 1 aliphatic rings. The van der Waals surface area contributed by atoms with Crippen molar-refractivity contribution in [3.63, 3.8) is 0 Å². The van der Waals surface area contributed by atoms with E-state index < -0.39 is 0 Å². The van der Waals surface area contributed by atoms with Crippen LogP contribution in [0.3, 0.4) is 0 Å². The van der Waals surface area contributed by atoms with Gasteiger partial charge in [-0.15, -0.1) is 0 Å². The third kappa shape index (κ3) is 7.05. The number of aromatic nitrogens is 3. The highest BCUT2D eigenvalue weighted by Crippen LogP contribution is 2.20. The number of hydrogen-bond acceptors (Lipinski definition) is 6. The fourth-order valence-electron chi connectivity index (χ4n) is 3.52. The summed E-state index contributed by atoms with van der Waals surface area (Å²) in [6, 6.07) is 7.51. The number of hydrogen-bond donors (Lipinski definition) is 3. The zero-order valence-electron chi connectivity index (χ0n) is 17.7. The number of fused-ring (bicyclic) bond motifs is 1. The Labute approximate surface area is 179 Å². The standard InChI is InChI=1S/C19H26N6O3.CH2O2/c1-3-14-11-24(9-8-15(14)21-18(27)10-20-13(2)26)19(28)12-25-22-16-6-4-5-7-17(16)23-25;2-1-3/h4-7,14-15H,3,8-12H2,1-2H3,(H,20,26)(H,21,27);1H,(H,2,3)/t14-,15+;/m1./s1. The minimum absolute atomic E-state index is 0.000671. The predicted octanol–water partition coefficient (Wildman–Crippen LogP) is 0.0115. The van der Waals surface area contributed by atoms with Crippen LogP contribution in [0, 0.1) is 5.92 Å². The highest BCUT2D eigenvalue weighted by Gasteiger charge is 2.31. The van der Waals surface area contributed by atoms with Crippen LogP contribution < -0.4 is 10.6 Å². The van der Waals surface area contributed by atoms with E-state index in [1.165, 1.54) is 11.7 Å². The van der Waals surface area contributed by atoms with Gasteiger partial charge in [-0.05, 0) is 30.9 Å². The van der Waals surface area contributed by atoms with Gasteiger partial charge in [0.05, 0.1) is 6.54 Å². The second-order valence-electron chi connectivity index (χ2n) is 7.21. The number of benzene rings is 1. The van der Waals surface area contributed by atoms with E-state index in [0.29, 0.717) is 19.5 Å². The average molecular weight is 432 g/mol. The van der Waals surface area contributed by atoms with Gasteiger partial charge in [-0.25, -0.2) is 0 Å². The van der Waals surface area contributed by atoms with Crippen LogP contribution in [0.5, 0.6) is 0 Å². The van der Waals surface area contributed by atoms with Crippen LogP contribution in [-0.2, 0) is 25.7 Å². The summed E-state index contributed by atoms with van der Waals surface area (Å²) in [6.45, 7) is 4.41. The molecule has 0 saturated carbocycles. The molecule has 11 heteroatoms. The van der Waals surface area contributed by atoms with Gasteiger partial charge >= 0.3 is 0 Å². The molecule has 168 valence electrons. The Morgan fingerprint density at radius 3 is 2.39 bits per heavy atom. The van der Waals surface area contributed by atoms with E-state index in [2.05, 4.69) is 20.8 Å². The first-order valence-electron chi connectivity index (χ1n) is 10.1. The van der Waals surface area contributed by atoms with Crippen LogP contribution in [0.15, 0.2) is 24.3 Å². The molecule has 31 heavy (non-hydrogen) atoms. The molecule has 1 saturated heterocycles. The second-order valence-corrected chi connectivity index (χ2v) is 7.21. The summed E-state index contributed by atoms with van der Waals surface area (Å²) in [7, 11) is 0. The van der Waals surface area contributed by atoms with Crippen molar-refractivity contribution in [2.75, 3.05) is 19.6 Å². The minimum atomic E-state index is -0.250. The van der Waals surface area contributed by atoms with Crippen molar-refractivity contribution in [1.29, 1.82) is 0 Å². The Morgan fingerprint density at radius 1 is 1.23 bits per heavy atom. The molecule has 0 radical (unpaired) electrons. The van der Waals surface area contributed by atoms with Crippen LogP contribution in [0.4, 0.5) is 0 Å². The fraction of sp³-hybridized carbons (Fsp3) is 0.500. The number of nitrogens with zero attached hydrogens (tertiary/aromatic N) is 4. The summed E-state index contributed by atoms with van der Waals surface area (Å²) in [5, 5.41) is 21.1. The molecule has 1 aliphatic heterocycles. The van der Waals surface area contributed by atoms with Crippen LogP contribution in [0.2, 0.25) is 0 Å². The van der Waals surface area contributed by atoms with Crippen LogP contribution in [-0.4, -0.2) is 74.9 Å². The Kier molecular flexibility index (Phi) is 8.92. The van der Waals surface area contributed by atoms with Gasteiger partial charge in [0.2, 0.25) is 17.7 Å². The summed E-state index contributed by atoms with van der Waals surface area (Å²) in [6.07, 6.45) is 1.53. The molecule has 3 rings (SSSR count). The molecule has 0 spiro atoms. The molecule has 3 amide bonds. The third-order valence-electron chi connectivity index (χ3n) is 5.06. The first-order chi connectivity index (χ1) is 14.9. The molecule has 0 aliphatic carbocycles. The summed E-state index contributed by atoms with van der Waals surface area (Å²) in [5.41, 5.74) is 1.53. The lowest BCUT2D eigenvalue weighted by atomic mass is 9.89. The molecule has 2 aromatic rings. The Hall–Kier alpha value is -3.50. The quantitative estimate of drug-likeness (QED) is 0.545. The maximum Gasteiger partial charge on any atom is 0.290 e. The number of amides is 3. The van der Waals surface area contributed by atoms with E-state index in [1.54, 1.807) is 0 Å². The largest absolute Gasteiger partial charge is 0.483 e. The van der Waals surface area contributed by atoms with Gasteiger partial charge in [-0.3, -0.25) is 19.2 Å². The number of carbonyl (C=O) groups is 4. The van der Waals surface area contributed by atoms with Crippen molar-refractivity contribution >= 4 is 35.2 Å². The first kappa shape index (κ1) is 23.8. The molecule has 0 unspecified atom stereocenters. The van der Waals surface area contributed by atoms with E-state index in [-0.39, 0.29) is 49.2 Å². The number of rotatable bonds is 6. The van der Waals surface area contributed by atoms with Crippen molar-refractivity contribution in [2.45, 2.75) is 39.3 Å². The van der Waals surface area contributed by atoms with Crippen LogP contribution in [0.1, 0.15) is 26.7 Å². The van der Waals surface area contributed by atoms with Crippen molar-refractivity contribution in [3.05, 3.63) is 24.3 Å². The van der Waals surface area contributed by atoms with E-state index in [1.807, 2.05) is 36.1 Å². The van der Waals surface area contributed by atoms with Crippen molar-refractivity contribution in [3.8, 4) is 0 Å². The Morgan fingerprint density at radius 2 is 1.84 bits per heavy atom. The predicted molar refractivity (Wildman–Crippen MR) is 112 cm³/mol. The van der Waals surface area contributed by atoms with Gasteiger partial charge in [-0.2, -0.15) is 15.0 Å². The first-order valence-corrected chi connectivity index (χ1v) is 10.1. The van der Waals surface area contributed by atoms with Gasteiger partial charge in [0.25, 0.3) is 6.47 Å². The minimum Gasteiger partial charge on any atom is -0.483 e. The number of likely N-dealkylation sites (tertiary alicyclic amines) is 1. The number of piperidine rings is 1. The SMILES string of the molecule is CC[C@@H]1CN(C(=O)Cn2nc3ccccc3n2)CC[C@@H]1NC(=O)CNC(C)=O.O=CO. The van der Waals surface area contributed by atoms with Crippen LogP contribution >= 0.6 is 0 Å². The number of nitrogens with one attached hydrogen (secondary N) is 2. The van der Waals surface area contributed by atoms with E-state index >= 15 is 0 Å².